The van der Waals surface area contributed by atoms with E-state index in [1.165, 1.54) is 63.5 Å². The molecule has 0 spiro atoms. The van der Waals surface area contributed by atoms with E-state index in [1.807, 2.05) is 48.5 Å². The molecule has 0 radical (unpaired) electrons. The Morgan fingerprint density at radius 1 is 0.213 bits per heavy atom. The van der Waals surface area contributed by atoms with E-state index in [1.54, 1.807) is 0 Å². The minimum Gasteiger partial charge on any atom is -0.456 e. The average Bonchev–Trinajstić information content (AvgIpc) is 1.30. The molecular weight excluding hydrogens is 1390 g/mol. The van der Waals surface area contributed by atoms with Crippen molar-refractivity contribution in [3.63, 3.8) is 0 Å². The fourth-order valence-corrected chi connectivity index (χ4v) is 20.4. The lowest BCUT2D eigenvalue weighted by molar-refractivity contribution is 0.668. The molecule has 23 rings (SSSR count). The highest BCUT2D eigenvalue weighted by atomic mass is 35.5. The van der Waals surface area contributed by atoms with E-state index >= 15 is 0 Å². The van der Waals surface area contributed by atoms with Crippen LogP contribution in [0.5, 0.6) is 0 Å². The van der Waals surface area contributed by atoms with Crippen LogP contribution in [-0.4, -0.2) is 29.9 Å². The van der Waals surface area contributed by atoms with Crippen LogP contribution in [0, 0.1) is 0 Å². The molecule has 0 saturated carbocycles. The maximum Gasteiger partial charge on any atom is 0.226 e. The molecule has 1 aliphatic rings. The lowest BCUT2D eigenvalue weighted by Gasteiger charge is -2.23. The third-order valence-electron chi connectivity index (χ3n) is 22.0. The summed E-state index contributed by atoms with van der Waals surface area (Å²) in [5, 5.41) is 20.4. The second-order valence-corrected chi connectivity index (χ2v) is 30.5. The first-order chi connectivity index (χ1) is 53.3. The van der Waals surface area contributed by atoms with Crippen molar-refractivity contribution in [2.45, 2.75) is 14.7 Å². The van der Waals surface area contributed by atoms with E-state index in [-0.39, 0.29) is 10.6 Å². The number of furan rings is 3. The summed E-state index contributed by atoms with van der Waals surface area (Å²) in [6, 6.07) is 110. The first-order valence-electron chi connectivity index (χ1n) is 35.8. The minimum atomic E-state index is -1.08. The van der Waals surface area contributed by atoms with E-state index in [4.69, 9.17) is 61.4 Å². The van der Waals surface area contributed by atoms with Gasteiger partial charge in [-0.15, -0.1) is 0 Å². The summed E-state index contributed by atoms with van der Waals surface area (Å²) in [5.41, 5.74) is 16.7. The fraction of sp³-hybridized carbons (Fsp3) is 0. The van der Waals surface area contributed by atoms with Gasteiger partial charge in [-0.05, 0) is 183 Å². The van der Waals surface area contributed by atoms with Crippen LogP contribution in [0.2, 0.25) is 10.6 Å². The Kier molecular flexibility index (Phi) is 13.3. The molecular formula is C96H52Cl2N6O3S. The van der Waals surface area contributed by atoms with Gasteiger partial charge in [-0.2, -0.15) is 30.8 Å². The first-order valence-corrected chi connectivity index (χ1v) is 37.9. The van der Waals surface area contributed by atoms with Crippen molar-refractivity contribution in [3.05, 3.63) is 320 Å². The van der Waals surface area contributed by atoms with E-state index in [2.05, 4.69) is 266 Å². The number of hydrogen-bond acceptors (Lipinski definition) is 9. The van der Waals surface area contributed by atoms with Crippen LogP contribution in [0.4, 0.5) is 0 Å². The van der Waals surface area contributed by atoms with Gasteiger partial charge < -0.3 is 13.3 Å². The van der Waals surface area contributed by atoms with E-state index in [0.717, 1.165) is 137 Å². The van der Waals surface area contributed by atoms with E-state index in [9.17, 15) is 0 Å². The van der Waals surface area contributed by atoms with Crippen LogP contribution >= 0.6 is 34.1 Å². The number of nitrogens with zero attached hydrogens (tertiary/aromatic N) is 6. The number of para-hydroxylation sites is 3. The lowest BCUT2D eigenvalue weighted by Crippen LogP contribution is -1.98. The van der Waals surface area contributed by atoms with Crippen molar-refractivity contribution >= 4 is 165 Å². The highest BCUT2D eigenvalue weighted by Crippen LogP contribution is 2.66. The van der Waals surface area contributed by atoms with Gasteiger partial charge in [-0.25, -0.2) is 9.97 Å². The third-order valence-corrected chi connectivity index (χ3v) is 24.9. The van der Waals surface area contributed by atoms with Crippen molar-refractivity contribution in [2.24, 2.45) is 0 Å². The molecule has 5 aromatic heterocycles. The fourth-order valence-electron chi connectivity index (χ4n) is 17.2. The molecule has 1 atom stereocenters. The van der Waals surface area contributed by atoms with E-state index in [0.29, 0.717) is 34.5 Å². The second-order valence-electron chi connectivity index (χ2n) is 27.8. The largest absolute Gasteiger partial charge is 0.456 e. The van der Waals surface area contributed by atoms with Crippen LogP contribution in [0.1, 0.15) is 0 Å². The van der Waals surface area contributed by atoms with Gasteiger partial charge in [0.15, 0.2) is 23.3 Å². The molecule has 108 heavy (non-hydrogen) atoms. The number of aromatic nitrogens is 6. The zero-order valence-corrected chi connectivity index (χ0v) is 59.5. The Bertz CT molecular complexity index is 7620. The molecule has 0 fully saturated rings. The van der Waals surface area contributed by atoms with Crippen LogP contribution < -0.4 is 0 Å². The molecule has 17 aromatic carbocycles. The first kappa shape index (κ1) is 61.0. The average molecular weight is 1440 g/mol. The molecule has 6 heterocycles. The summed E-state index contributed by atoms with van der Waals surface area (Å²) in [7, 11) is -1.08. The standard InChI is InChI=1S/C96H52Cl2N6O3S/c97-95-101-91(53-38-36-52(37-39-53)54-40-44-64-62-18-2-1-16-60(62)61-17-3-4-19-63(61)76(64)48-54)99-94(104-95)75-31-13-29-72-78-49-55(42-47-81(78)107-90(72)75)58-24-14-34-84-87(58)73-23-8-10-33-83(73)108(84)85-35-15-27-70-68-26-12-30-74(86(68)67-21-5-6-22-69(67)88(70)85)93-100-92(102-96(98)103-93)57-41-45-66-77-50-56(43-46-80(77)105-82(66)51-57)59-25-11-28-71-65-20-7-9-32-79(65)106-89(59)71/h1-51,108H. The molecule has 0 saturated heterocycles. The Labute approximate surface area is 628 Å². The minimum absolute atomic E-state index is 0.0949. The van der Waals surface area contributed by atoms with Gasteiger partial charge >= 0.3 is 0 Å². The predicted molar refractivity (Wildman–Crippen MR) is 444 cm³/mol. The number of halogens is 2. The van der Waals surface area contributed by atoms with Crippen molar-refractivity contribution in [1.82, 2.24) is 29.9 Å². The topological polar surface area (TPSA) is 117 Å². The summed E-state index contributed by atoms with van der Waals surface area (Å²) in [4.78, 5) is 33.3. The van der Waals surface area contributed by atoms with Gasteiger partial charge in [-0.3, -0.25) is 0 Å². The third kappa shape index (κ3) is 9.28. The number of thiol groups is 1. The molecule has 0 amide bonds. The van der Waals surface area contributed by atoms with Gasteiger partial charge in [0.25, 0.3) is 0 Å². The quantitative estimate of drug-likeness (QED) is 0.117. The molecule has 504 valence electrons. The SMILES string of the molecule is Clc1nc(-c2ccc(-c3ccc4c5ccccc5c5ccccc5c4c3)cc2)nc(-c2cccc3c2oc2ccc(-c4cccc5c4-c4ccccc4[SH]5c4cccc5c6cccc(-c7nc(Cl)nc(-c8ccc9c(c8)oc8ccc(-c%10cccc%11c%10oc%10ccccc%10%11)cc89)n7)c6c6ccccc6c45)cc23)n1. The zero-order chi connectivity index (χ0) is 71.0. The molecule has 1 unspecified atom stereocenters. The molecule has 12 heteroatoms. The van der Waals surface area contributed by atoms with Crippen molar-refractivity contribution in [2.75, 3.05) is 0 Å². The maximum absolute atomic E-state index is 7.00. The van der Waals surface area contributed by atoms with Gasteiger partial charge in [0.1, 0.15) is 33.5 Å². The molecule has 0 aliphatic carbocycles. The highest BCUT2D eigenvalue weighted by molar-refractivity contribution is 8.17. The Morgan fingerprint density at radius 2 is 0.620 bits per heavy atom. The Hall–Kier alpha value is -13.4. The van der Waals surface area contributed by atoms with Gasteiger partial charge in [-0.1, -0.05) is 237 Å². The van der Waals surface area contributed by atoms with Gasteiger partial charge in [0, 0.05) is 85.6 Å². The maximum atomic E-state index is 7.00. The normalized spacial score (nSPS) is 13.3. The number of benzene rings is 17. The summed E-state index contributed by atoms with van der Waals surface area (Å²) < 4.78 is 19.9. The monoisotopic (exact) mass is 1440 g/mol. The zero-order valence-electron chi connectivity index (χ0n) is 57.1. The van der Waals surface area contributed by atoms with E-state index < -0.39 is 10.9 Å². The molecule has 9 nitrogen and oxygen atoms in total. The van der Waals surface area contributed by atoms with Crippen molar-refractivity contribution in [3.8, 4) is 90.1 Å². The van der Waals surface area contributed by atoms with Crippen molar-refractivity contribution in [1.29, 1.82) is 0 Å². The summed E-state index contributed by atoms with van der Waals surface area (Å²) in [5.74, 6) is 1.81. The number of hydrogen-bond donors (Lipinski definition) is 1. The van der Waals surface area contributed by atoms with Crippen LogP contribution in [-0.2, 0) is 0 Å². The van der Waals surface area contributed by atoms with Gasteiger partial charge in [0.2, 0.25) is 10.6 Å². The van der Waals surface area contributed by atoms with Crippen LogP contribution in [0.3, 0.4) is 0 Å². The number of fused-ring (bicyclic) bond motifs is 24. The van der Waals surface area contributed by atoms with Gasteiger partial charge in [0.05, 0.1) is 5.56 Å². The summed E-state index contributed by atoms with van der Waals surface area (Å²) in [6.45, 7) is 0. The highest BCUT2D eigenvalue weighted by Gasteiger charge is 2.32. The second kappa shape index (κ2) is 23.6. The van der Waals surface area contributed by atoms with Crippen LogP contribution in [0.15, 0.2) is 337 Å². The number of rotatable bonds is 8. The summed E-state index contributed by atoms with van der Waals surface area (Å²) >= 11 is 13.8. The lowest BCUT2D eigenvalue weighted by atomic mass is 9.91. The Balaban J connectivity index is 0.584. The summed E-state index contributed by atoms with van der Waals surface area (Å²) in [6.07, 6.45) is 0. The molecule has 1 aliphatic heterocycles. The Morgan fingerprint density at radius 3 is 1.34 bits per heavy atom. The smallest absolute Gasteiger partial charge is 0.226 e. The van der Waals surface area contributed by atoms with Crippen LogP contribution in [0.25, 0.3) is 221 Å². The van der Waals surface area contributed by atoms with Crippen molar-refractivity contribution < 1.29 is 13.3 Å². The predicted octanol–water partition coefficient (Wildman–Crippen LogP) is 27.1. The molecule has 22 aromatic rings. The molecule has 0 bridgehead atoms. The molecule has 0 N–H and O–H groups in total.